The molecule has 0 aliphatic carbocycles. The molecule has 0 N–H and O–H groups in total. The summed E-state index contributed by atoms with van der Waals surface area (Å²) in [5, 5.41) is 0. The number of anilines is 1. The first-order chi connectivity index (χ1) is 12.8. The highest BCUT2D eigenvalue weighted by Crippen LogP contribution is 2.22. The third-order valence-electron chi connectivity index (χ3n) is 5.03. The molecule has 0 amide bonds. The molecule has 1 saturated heterocycles. The van der Waals surface area contributed by atoms with Crippen LogP contribution in [-0.4, -0.2) is 31.1 Å². The summed E-state index contributed by atoms with van der Waals surface area (Å²) in [5.41, 5.74) is 4.54. The van der Waals surface area contributed by atoms with Crippen molar-refractivity contribution in [3.8, 4) is 11.1 Å². The highest BCUT2D eigenvalue weighted by atomic mass is 19.1. The van der Waals surface area contributed by atoms with Gasteiger partial charge in [0.25, 0.3) is 0 Å². The molecule has 26 heavy (non-hydrogen) atoms. The summed E-state index contributed by atoms with van der Waals surface area (Å²) in [6.45, 7) is 4.58. The Morgan fingerprint density at radius 3 is 1.96 bits per heavy atom. The molecule has 0 radical (unpaired) electrons. The van der Waals surface area contributed by atoms with Gasteiger partial charge in [-0.05, 0) is 28.8 Å². The Hall–Kier alpha value is -2.65. The normalized spacial score (nSPS) is 15.2. The largest absolute Gasteiger partial charge is 0.367 e. The molecule has 0 aromatic heterocycles. The SMILES string of the molecule is Fc1ccccc1N1CCN(Cc2ccc(-c3ccccc3)cc2)CC1. The number of para-hydroxylation sites is 1. The van der Waals surface area contributed by atoms with Gasteiger partial charge in [-0.25, -0.2) is 4.39 Å². The van der Waals surface area contributed by atoms with E-state index in [1.54, 1.807) is 6.07 Å². The van der Waals surface area contributed by atoms with Gasteiger partial charge in [-0.2, -0.15) is 0 Å². The molecule has 0 unspecified atom stereocenters. The number of hydrogen-bond donors (Lipinski definition) is 0. The highest BCUT2D eigenvalue weighted by Gasteiger charge is 2.19. The molecule has 3 aromatic carbocycles. The number of hydrogen-bond acceptors (Lipinski definition) is 2. The average Bonchev–Trinajstić information content (AvgIpc) is 2.70. The minimum atomic E-state index is -0.127. The lowest BCUT2D eigenvalue weighted by atomic mass is 10.0. The molecular formula is C23H23FN2. The van der Waals surface area contributed by atoms with E-state index in [2.05, 4.69) is 58.3 Å². The molecule has 3 heteroatoms. The summed E-state index contributed by atoms with van der Waals surface area (Å²) < 4.78 is 13.9. The third kappa shape index (κ3) is 3.78. The van der Waals surface area contributed by atoms with E-state index in [-0.39, 0.29) is 5.82 Å². The summed E-state index contributed by atoms with van der Waals surface area (Å²) >= 11 is 0. The molecule has 3 aromatic rings. The van der Waals surface area contributed by atoms with E-state index in [4.69, 9.17) is 0 Å². The minimum Gasteiger partial charge on any atom is -0.367 e. The molecule has 0 atom stereocenters. The number of rotatable bonds is 4. The molecule has 1 aliphatic rings. The topological polar surface area (TPSA) is 6.48 Å². The smallest absolute Gasteiger partial charge is 0.146 e. The third-order valence-corrected chi connectivity index (χ3v) is 5.03. The Bertz CT molecular complexity index is 838. The first kappa shape index (κ1) is 16.8. The summed E-state index contributed by atoms with van der Waals surface area (Å²) in [6, 6.07) is 26.3. The van der Waals surface area contributed by atoms with Crippen LogP contribution in [0.1, 0.15) is 5.56 Å². The zero-order chi connectivity index (χ0) is 17.8. The van der Waals surface area contributed by atoms with Crippen LogP contribution in [0.3, 0.4) is 0 Å². The van der Waals surface area contributed by atoms with Gasteiger partial charge in [0.2, 0.25) is 0 Å². The van der Waals surface area contributed by atoms with Crippen molar-refractivity contribution < 1.29 is 4.39 Å². The van der Waals surface area contributed by atoms with E-state index in [1.807, 2.05) is 18.2 Å². The van der Waals surface area contributed by atoms with Crippen molar-refractivity contribution in [2.24, 2.45) is 0 Å². The second-order valence-corrected chi connectivity index (χ2v) is 6.78. The van der Waals surface area contributed by atoms with Crippen LogP contribution in [0.5, 0.6) is 0 Å². The van der Waals surface area contributed by atoms with Gasteiger partial charge in [-0.3, -0.25) is 4.90 Å². The molecule has 1 heterocycles. The van der Waals surface area contributed by atoms with Gasteiger partial charge in [-0.15, -0.1) is 0 Å². The maximum Gasteiger partial charge on any atom is 0.146 e. The van der Waals surface area contributed by atoms with Crippen molar-refractivity contribution in [3.63, 3.8) is 0 Å². The van der Waals surface area contributed by atoms with Gasteiger partial charge in [0.1, 0.15) is 5.82 Å². The van der Waals surface area contributed by atoms with Crippen molar-refractivity contribution in [2.45, 2.75) is 6.54 Å². The zero-order valence-corrected chi connectivity index (χ0v) is 14.8. The van der Waals surface area contributed by atoms with E-state index >= 15 is 0 Å². The fraction of sp³-hybridized carbons (Fsp3) is 0.217. The van der Waals surface area contributed by atoms with Gasteiger partial charge in [0.15, 0.2) is 0 Å². The molecular weight excluding hydrogens is 323 g/mol. The molecule has 0 bridgehead atoms. The van der Waals surface area contributed by atoms with E-state index in [9.17, 15) is 4.39 Å². The fourth-order valence-corrected chi connectivity index (χ4v) is 3.55. The standard InChI is InChI=1S/C23H23FN2/c24-22-8-4-5-9-23(22)26-16-14-25(15-17-26)18-19-10-12-21(13-11-19)20-6-2-1-3-7-20/h1-13H,14-18H2. The zero-order valence-electron chi connectivity index (χ0n) is 14.8. The van der Waals surface area contributed by atoms with Crippen LogP contribution >= 0.6 is 0 Å². The number of benzene rings is 3. The van der Waals surface area contributed by atoms with Crippen LogP contribution in [-0.2, 0) is 6.54 Å². The van der Waals surface area contributed by atoms with E-state index in [0.717, 1.165) is 38.4 Å². The summed E-state index contributed by atoms with van der Waals surface area (Å²) in [6.07, 6.45) is 0. The predicted octanol–water partition coefficient (Wildman–Crippen LogP) is 4.81. The van der Waals surface area contributed by atoms with E-state index in [1.165, 1.54) is 22.8 Å². The van der Waals surface area contributed by atoms with Crippen LogP contribution < -0.4 is 4.90 Å². The highest BCUT2D eigenvalue weighted by molar-refractivity contribution is 5.63. The van der Waals surface area contributed by atoms with Crippen molar-refractivity contribution in [3.05, 3.63) is 90.2 Å². The Morgan fingerprint density at radius 1 is 0.654 bits per heavy atom. The van der Waals surface area contributed by atoms with Gasteiger partial charge in [0.05, 0.1) is 5.69 Å². The number of piperazine rings is 1. The molecule has 1 aliphatic heterocycles. The Kier molecular flexibility index (Phi) is 4.98. The van der Waals surface area contributed by atoms with Crippen LogP contribution in [0, 0.1) is 5.82 Å². The van der Waals surface area contributed by atoms with Gasteiger partial charge >= 0.3 is 0 Å². The molecule has 2 nitrogen and oxygen atoms in total. The van der Waals surface area contributed by atoms with Crippen molar-refractivity contribution in [2.75, 3.05) is 31.1 Å². The van der Waals surface area contributed by atoms with Gasteiger partial charge in [0, 0.05) is 32.7 Å². The van der Waals surface area contributed by atoms with Gasteiger partial charge in [-0.1, -0.05) is 66.7 Å². The average molecular weight is 346 g/mol. The molecule has 4 rings (SSSR count). The quantitative estimate of drug-likeness (QED) is 0.668. The monoisotopic (exact) mass is 346 g/mol. The van der Waals surface area contributed by atoms with E-state index in [0.29, 0.717) is 0 Å². The predicted molar refractivity (Wildman–Crippen MR) is 106 cm³/mol. The fourth-order valence-electron chi connectivity index (χ4n) is 3.55. The van der Waals surface area contributed by atoms with Gasteiger partial charge < -0.3 is 4.90 Å². The summed E-state index contributed by atoms with van der Waals surface area (Å²) in [7, 11) is 0. The first-order valence-corrected chi connectivity index (χ1v) is 9.16. The lowest BCUT2D eigenvalue weighted by Crippen LogP contribution is -2.46. The lowest BCUT2D eigenvalue weighted by molar-refractivity contribution is 0.249. The second-order valence-electron chi connectivity index (χ2n) is 6.78. The first-order valence-electron chi connectivity index (χ1n) is 9.16. The van der Waals surface area contributed by atoms with Crippen LogP contribution in [0.2, 0.25) is 0 Å². The molecule has 0 spiro atoms. The second kappa shape index (κ2) is 7.71. The Morgan fingerprint density at radius 2 is 1.27 bits per heavy atom. The van der Waals surface area contributed by atoms with E-state index < -0.39 is 0 Å². The molecule has 1 fully saturated rings. The number of halogens is 1. The van der Waals surface area contributed by atoms with Crippen LogP contribution in [0.15, 0.2) is 78.9 Å². The van der Waals surface area contributed by atoms with Crippen LogP contribution in [0.4, 0.5) is 10.1 Å². The summed E-state index contributed by atoms with van der Waals surface area (Å²) in [5.74, 6) is -0.127. The Labute approximate surface area is 154 Å². The van der Waals surface area contributed by atoms with Crippen molar-refractivity contribution >= 4 is 5.69 Å². The Balaban J connectivity index is 1.35. The lowest BCUT2D eigenvalue weighted by Gasteiger charge is -2.36. The number of nitrogens with zero attached hydrogens (tertiary/aromatic N) is 2. The molecule has 132 valence electrons. The van der Waals surface area contributed by atoms with Crippen LogP contribution in [0.25, 0.3) is 11.1 Å². The maximum absolute atomic E-state index is 13.9. The molecule has 0 saturated carbocycles. The maximum atomic E-state index is 13.9. The summed E-state index contributed by atoms with van der Waals surface area (Å²) in [4.78, 5) is 4.58. The van der Waals surface area contributed by atoms with Crippen molar-refractivity contribution in [1.29, 1.82) is 0 Å². The van der Waals surface area contributed by atoms with Crippen molar-refractivity contribution in [1.82, 2.24) is 4.90 Å². The minimum absolute atomic E-state index is 0.127.